The van der Waals surface area contributed by atoms with Gasteiger partial charge in [0, 0.05) is 10.9 Å². The summed E-state index contributed by atoms with van der Waals surface area (Å²) in [6.07, 6.45) is 2.23. The van der Waals surface area contributed by atoms with Crippen LogP contribution in [-0.2, 0) is 16.0 Å². The van der Waals surface area contributed by atoms with E-state index in [0.717, 1.165) is 10.3 Å². The molecular formula is C19H18N2O3S. The number of carbonyl (C=O) groups excluding carboxylic acids is 1. The number of nitrogens with zero attached hydrogens (tertiary/aromatic N) is 2. The third kappa shape index (κ3) is 3.91. The highest BCUT2D eigenvalue weighted by Crippen LogP contribution is 2.25. The van der Waals surface area contributed by atoms with E-state index in [1.807, 2.05) is 37.3 Å². The molecule has 0 spiro atoms. The molecule has 1 aromatic carbocycles. The van der Waals surface area contributed by atoms with Crippen molar-refractivity contribution in [2.24, 2.45) is 5.92 Å². The Labute approximate surface area is 149 Å². The Balaban J connectivity index is 1.91. The summed E-state index contributed by atoms with van der Waals surface area (Å²) in [6, 6.07) is 11.1. The molecule has 25 heavy (non-hydrogen) atoms. The molecule has 0 aliphatic carbocycles. The number of benzene rings is 1. The number of hydrogen-bond acceptors (Lipinski definition) is 6. The third-order valence-corrected chi connectivity index (χ3v) is 4.87. The van der Waals surface area contributed by atoms with Crippen molar-refractivity contribution in [1.82, 2.24) is 9.97 Å². The summed E-state index contributed by atoms with van der Waals surface area (Å²) in [6.45, 7) is 4.01. The van der Waals surface area contributed by atoms with Crippen molar-refractivity contribution in [3.8, 4) is 10.7 Å². The van der Waals surface area contributed by atoms with Gasteiger partial charge in [0.15, 0.2) is 0 Å². The van der Waals surface area contributed by atoms with Crippen molar-refractivity contribution in [2.75, 3.05) is 6.61 Å². The molecule has 0 saturated carbocycles. The number of ether oxygens (including phenoxy) is 1. The summed E-state index contributed by atoms with van der Waals surface area (Å²) >= 11 is 1.43. The Morgan fingerprint density at radius 2 is 2.08 bits per heavy atom. The summed E-state index contributed by atoms with van der Waals surface area (Å²) in [5.41, 5.74) is 1.35. The fourth-order valence-corrected chi connectivity index (χ4v) is 3.53. The molecule has 6 heteroatoms. The predicted molar refractivity (Wildman–Crippen MR) is 98.6 cm³/mol. The van der Waals surface area contributed by atoms with E-state index in [1.165, 1.54) is 11.3 Å². The maximum atomic E-state index is 12.2. The van der Waals surface area contributed by atoms with E-state index in [0.29, 0.717) is 29.1 Å². The highest BCUT2D eigenvalue weighted by Gasteiger charge is 2.15. The Bertz CT molecular complexity index is 968. The van der Waals surface area contributed by atoms with Gasteiger partial charge in [0.2, 0.25) is 0 Å². The molecule has 1 unspecified atom stereocenters. The van der Waals surface area contributed by atoms with E-state index in [2.05, 4.69) is 9.97 Å². The second-order valence-electron chi connectivity index (χ2n) is 5.73. The van der Waals surface area contributed by atoms with Crippen LogP contribution in [0.15, 0.2) is 47.4 Å². The van der Waals surface area contributed by atoms with Crippen LogP contribution in [-0.4, -0.2) is 22.5 Å². The van der Waals surface area contributed by atoms with E-state index >= 15 is 0 Å². The average molecular weight is 354 g/mol. The number of carbonyl (C=O) groups is 1. The molecule has 3 rings (SSSR count). The molecule has 2 heterocycles. The molecule has 0 aliphatic heterocycles. The van der Waals surface area contributed by atoms with Crippen molar-refractivity contribution in [3.05, 3.63) is 58.5 Å². The molecule has 0 amide bonds. The highest BCUT2D eigenvalue weighted by molar-refractivity contribution is 7.21. The molecule has 0 saturated heterocycles. The zero-order chi connectivity index (χ0) is 17.8. The summed E-state index contributed by atoms with van der Waals surface area (Å²) in [5.74, 6) is -0.451. The number of fused-ring (bicyclic) bond motifs is 1. The Kier molecular flexibility index (Phi) is 5.19. The van der Waals surface area contributed by atoms with Crippen LogP contribution in [0.5, 0.6) is 0 Å². The zero-order valence-electron chi connectivity index (χ0n) is 14.1. The monoisotopic (exact) mass is 354 g/mol. The lowest BCUT2D eigenvalue weighted by Crippen LogP contribution is -2.17. The lowest BCUT2D eigenvalue weighted by Gasteiger charge is -2.11. The Morgan fingerprint density at radius 3 is 2.88 bits per heavy atom. The van der Waals surface area contributed by atoms with Gasteiger partial charge in [-0.1, -0.05) is 19.1 Å². The van der Waals surface area contributed by atoms with Gasteiger partial charge in [0.1, 0.15) is 5.01 Å². The molecule has 0 N–H and O–H groups in total. The van der Waals surface area contributed by atoms with Crippen molar-refractivity contribution < 1.29 is 9.53 Å². The smallest absolute Gasteiger partial charge is 0.308 e. The number of pyridine rings is 1. The van der Waals surface area contributed by atoms with Gasteiger partial charge in [-0.15, -0.1) is 11.3 Å². The van der Waals surface area contributed by atoms with Crippen LogP contribution in [0.2, 0.25) is 0 Å². The van der Waals surface area contributed by atoms with Gasteiger partial charge < -0.3 is 4.74 Å². The van der Waals surface area contributed by atoms with Crippen molar-refractivity contribution >= 4 is 27.4 Å². The molecular weight excluding hydrogens is 336 g/mol. The van der Waals surface area contributed by atoms with Crippen LogP contribution >= 0.6 is 11.3 Å². The molecule has 0 aliphatic rings. The molecule has 2 aromatic heterocycles. The fraction of sp³-hybridized carbons (Fsp3) is 0.263. The first-order chi connectivity index (χ1) is 12.1. The summed E-state index contributed by atoms with van der Waals surface area (Å²) in [7, 11) is 0. The van der Waals surface area contributed by atoms with Crippen LogP contribution in [0.25, 0.3) is 20.8 Å². The van der Waals surface area contributed by atoms with Crippen LogP contribution < -0.4 is 5.56 Å². The molecule has 5 nitrogen and oxygen atoms in total. The lowest BCUT2D eigenvalue weighted by molar-refractivity contribution is -0.147. The minimum Gasteiger partial charge on any atom is -0.466 e. The van der Waals surface area contributed by atoms with Crippen LogP contribution in [0.4, 0.5) is 0 Å². The summed E-state index contributed by atoms with van der Waals surface area (Å²) in [5, 5.41) is 1.19. The largest absolute Gasteiger partial charge is 0.466 e. The van der Waals surface area contributed by atoms with Gasteiger partial charge in [-0.05, 0) is 43.2 Å². The fourth-order valence-electron chi connectivity index (χ4n) is 2.56. The summed E-state index contributed by atoms with van der Waals surface area (Å²) in [4.78, 5) is 32.5. The van der Waals surface area contributed by atoms with Gasteiger partial charge in [-0.2, -0.15) is 4.98 Å². The van der Waals surface area contributed by atoms with Crippen LogP contribution in [0.1, 0.15) is 19.4 Å². The van der Waals surface area contributed by atoms with Crippen molar-refractivity contribution in [1.29, 1.82) is 0 Å². The van der Waals surface area contributed by atoms with E-state index in [1.54, 1.807) is 19.2 Å². The van der Waals surface area contributed by atoms with Gasteiger partial charge in [0.25, 0.3) is 5.56 Å². The van der Waals surface area contributed by atoms with Crippen LogP contribution in [0, 0.1) is 5.92 Å². The quantitative estimate of drug-likeness (QED) is 0.656. The minimum absolute atomic E-state index is 0.214. The standard InChI is InChI=1S/C19H18N2O3S/c1-3-24-19(23)12(2)10-13-8-9-20-15(11-13)18-21-17(22)14-6-4-5-7-16(14)25-18/h4-9,11-12H,3,10H2,1-2H3. The van der Waals surface area contributed by atoms with Crippen LogP contribution in [0.3, 0.4) is 0 Å². The molecule has 0 radical (unpaired) electrons. The number of hydrogen-bond donors (Lipinski definition) is 0. The van der Waals surface area contributed by atoms with Gasteiger partial charge in [-0.25, -0.2) is 0 Å². The first kappa shape index (κ1) is 17.2. The topological polar surface area (TPSA) is 69.2 Å². The second kappa shape index (κ2) is 7.53. The molecule has 0 fully saturated rings. The van der Waals surface area contributed by atoms with Gasteiger partial charge >= 0.3 is 5.97 Å². The molecule has 0 bridgehead atoms. The first-order valence-corrected chi connectivity index (χ1v) is 8.92. The summed E-state index contributed by atoms with van der Waals surface area (Å²) < 4.78 is 5.93. The van der Waals surface area contributed by atoms with Gasteiger partial charge in [0.05, 0.1) is 23.6 Å². The Hall–Kier alpha value is -2.60. The maximum absolute atomic E-state index is 12.2. The zero-order valence-corrected chi connectivity index (χ0v) is 14.9. The number of esters is 1. The Morgan fingerprint density at radius 1 is 1.28 bits per heavy atom. The maximum Gasteiger partial charge on any atom is 0.308 e. The SMILES string of the molecule is CCOC(=O)C(C)Cc1ccnc(-c2nc(=O)c3ccccc3s2)c1. The van der Waals surface area contributed by atoms with Crippen molar-refractivity contribution in [2.45, 2.75) is 20.3 Å². The predicted octanol–water partition coefficient (Wildman–Crippen LogP) is 3.46. The number of aromatic nitrogens is 2. The first-order valence-electron chi connectivity index (χ1n) is 8.10. The normalized spacial score (nSPS) is 12.1. The second-order valence-corrected chi connectivity index (χ2v) is 6.76. The molecule has 128 valence electrons. The lowest BCUT2D eigenvalue weighted by atomic mass is 10.0. The molecule has 1 atom stereocenters. The number of rotatable bonds is 5. The average Bonchev–Trinajstić information content (AvgIpc) is 2.62. The highest BCUT2D eigenvalue weighted by atomic mass is 32.1. The van der Waals surface area contributed by atoms with Crippen molar-refractivity contribution in [3.63, 3.8) is 0 Å². The third-order valence-electron chi connectivity index (χ3n) is 3.80. The van der Waals surface area contributed by atoms with E-state index < -0.39 is 0 Å². The van der Waals surface area contributed by atoms with Gasteiger partial charge in [-0.3, -0.25) is 14.6 Å². The van der Waals surface area contributed by atoms with E-state index in [9.17, 15) is 9.59 Å². The van der Waals surface area contributed by atoms with E-state index in [4.69, 9.17) is 4.74 Å². The minimum atomic E-state index is -0.253. The molecule has 3 aromatic rings. The van der Waals surface area contributed by atoms with E-state index in [-0.39, 0.29) is 17.4 Å².